The minimum Gasteiger partial charge on any atom is -0.388 e. The van der Waals surface area contributed by atoms with E-state index in [1.165, 1.54) is 0 Å². The van der Waals surface area contributed by atoms with E-state index in [9.17, 15) is 5.11 Å². The Hall–Kier alpha value is -1.61. The first-order chi connectivity index (χ1) is 8.13. The summed E-state index contributed by atoms with van der Waals surface area (Å²) in [5, 5.41) is 9.73. The number of hydrogen-bond acceptors (Lipinski definition) is 2. The number of imidazole rings is 1. The highest BCUT2D eigenvalue weighted by Gasteiger charge is 2.07. The molecule has 1 aromatic heterocycles. The Balaban J connectivity index is 2.32. The second-order valence-electron chi connectivity index (χ2n) is 4.30. The summed E-state index contributed by atoms with van der Waals surface area (Å²) in [7, 11) is 0. The Morgan fingerprint density at radius 1 is 1.24 bits per heavy atom. The fourth-order valence-electron chi connectivity index (χ4n) is 1.85. The van der Waals surface area contributed by atoms with E-state index in [2.05, 4.69) is 16.5 Å². The largest absolute Gasteiger partial charge is 0.388 e. The summed E-state index contributed by atoms with van der Waals surface area (Å²) < 4.78 is 2.05. The van der Waals surface area contributed by atoms with Crippen LogP contribution >= 0.6 is 0 Å². The molecule has 0 aliphatic rings. The number of aliphatic hydroxyl groups excluding tert-OH is 1. The van der Waals surface area contributed by atoms with Crippen molar-refractivity contribution < 1.29 is 5.11 Å². The van der Waals surface area contributed by atoms with Gasteiger partial charge in [-0.05, 0) is 38.0 Å². The Bertz CT molecular complexity index is 499. The van der Waals surface area contributed by atoms with Gasteiger partial charge in [0.05, 0.1) is 18.1 Å². The molecule has 0 aliphatic carbocycles. The van der Waals surface area contributed by atoms with E-state index >= 15 is 0 Å². The van der Waals surface area contributed by atoms with E-state index in [1.807, 2.05) is 44.4 Å². The SMILES string of the molecule is CC[C@@H](O)c1ccc(-n2cnc(C)c2C)cc1. The lowest BCUT2D eigenvalue weighted by Crippen LogP contribution is -1.98. The molecule has 1 atom stereocenters. The molecule has 0 saturated carbocycles. The molecule has 1 N–H and O–H groups in total. The lowest BCUT2D eigenvalue weighted by Gasteiger charge is -2.10. The van der Waals surface area contributed by atoms with Crippen molar-refractivity contribution in [2.45, 2.75) is 33.3 Å². The molecule has 0 spiro atoms. The smallest absolute Gasteiger partial charge is 0.0997 e. The molecule has 17 heavy (non-hydrogen) atoms. The number of hydrogen-bond donors (Lipinski definition) is 1. The first-order valence-corrected chi connectivity index (χ1v) is 5.92. The van der Waals surface area contributed by atoms with Gasteiger partial charge in [0.1, 0.15) is 0 Å². The topological polar surface area (TPSA) is 38.0 Å². The zero-order chi connectivity index (χ0) is 12.4. The van der Waals surface area contributed by atoms with Crippen molar-refractivity contribution in [3.63, 3.8) is 0 Å². The standard InChI is InChI=1S/C14H18N2O/c1-4-14(17)12-5-7-13(8-6-12)16-9-15-10(2)11(16)3/h5-9,14,17H,4H2,1-3H3/t14-/m1/s1. The Morgan fingerprint density at radius 3 is 2.35 bits per heavy atom. The Labute approximate surface area is 102 Å². The van der Waals surface area contributed by atoms with Gasteiger partial charge < -0.3 is 9.67 Å². The van der Waals surface area contributed by atoms with Gasteiger partial charge >= 0.3 is 0 Å². The molecule has 0 fully saturated rings. The minimum absolute atomic E-state index is 0.366. The molecule has 0 unspecified atom stereocenters. The molecule has 0 bridgehead atoms. The predicted octanol–water partition coefficient (Wildman–Crippen LogP) is 2.93. The molecule has 1 heterocycles. The van der Waals surface area contributed by atoms with E-state index < -0.39 is 0 Å². The molecule has 3 nitrogen and oxygen atoms in total. The van der Waals surface area contributed by atoms with Crippen LogP contribution in [0.5, 0.6) is 0 Å². The maximum Gasteiger partial charge on any atom is 0.0997 e. The second kappa shape index (κ2) is 4.72. The van der Waals surface area contributed by atoms with Gasteiger partial charge in [-0.1, -0.05) is 19.1 Å². The van der Waals surface area contributed by atoms with Crippen LogP contribution in [0.25, 0.3) is 5.69 Å². The molecule has 2 rings (SSSR count). The fourth-order valence-corrected chi connectivity index (χ4v) is 1.85. The van der Waals surface area contributed by atoms with Crippen LogP contribution in [0.15, 0.2) is 30.6 Å². The van der Waals surface area contributed by atoms with Crippen molar-refractivity contribution in [2.75, 3.05) is 0 Å². The lowest BCUT2D eigenvalue weighted by atomic mass is 10.1. The molecule has 2 aromatic rings. The molecular weight excluding hydrogens is 212 g/mol. The normalized spacial score (nSPS) is 12.7. The third kappa shape index (κ3) is 2.24. The zero-order valence-electron chi connectivity index (χ0n) is 10.5. The molecule has 0 radical (unpaired) electrons. The van der Waals surface area contributed by atoms with Crippen molar-refractivity contribution in [1.29, 1.82) is 0 Å². The summed E-state index contributed by atoms with van der Waals surface area (Å²) in [5.74, 6) is 0. The third-order valence-corrected chi connectivity index (χ3v) is 3.19. The molecule has 1 aromatic carbocycles. The van der Waals surface area contributed by atoms with E-state index in [0.29, 0.717) is 0 Å². The zero-order valence-corrected chi connectivity index (χ0v) is 10.5. The van der Waals surface area contributed by atoms with Crippen LogP contribution in [0.2, 0.25) is 0 Å². The van der Waals surface area contributed by atoms with Crippen LogP contribution in [0.1, 0.15) is 36.4 Å². The van der Waals surface area contributed by atoms with Crippen molar-refractivity contribution in [3.8, 4) is 5.69 Å². The molecule has 0 aliphatic heterocycles. The minimum atomic E-state index is -0.366. The van der Waals surface area contributed by atoms with Crippen molar-refractivity contribution in [2.24, 2.45) is 0 Å². The van der Waals surface area contributed by atoms with Gasteiger partial charge in [0.25, 0.3) is 0 Å². The van der Waals surface area contributed by atoms with E-state index in [4.69, 9.17) is 0 Å². The molecular formula is C14H18N2O. The molecule has 90 valence electrons. The van der Waals surface area contributed by atoms with Crippen molar-refractivity contribution in [3.05, 3.63) is 47.5 Å². The number of nitrogens with zero attached hydrogens (tertiary/aromatic N) is 2. The van der Waals surface area contributed by atoms with Crippen LogP contribution in [0, 0.1) is 13.8 Å². The predicted molar refractivity (Wildman–Crippen MR) is 68.3 cm³/mol. The fraction of sp³-hybridized carbons (Fsp3) is 0.357. The summed E-state index contributed by atoms with van der Waals surface area (Å²) in [4.78, 5) is 4.28. The third-order valence-electron chi connectivity index (χ3n) is 3.19. The second-order valence-corrected chi connectivity index (χ2v) is 4.30. The van der Waals surface area contributed by atoms with Gasteiger partial charge in [-0.3, -0.25) is 0 Å². The van der Waals surface area contributed by atoms with Gasteiger partial charge in [0.2, 0.25) is 0 Å². The molecule has 0 amide bonds. The first-order valence-electron chi connectivity index (χ1n) is 5.92. The van der Waals surface area contributed by atoms with Crippen molar-refractivity contribution in [1.82, 2.24) is 9.55 Å². The Morgan fingerprint density at radius 2 is 1.88 bits per heavy atom. The van der Waals surface area contributed by atoms with Gasteiger partial charge in [0.15, 0.2) is 0 Å². The van der Waals surface area contributed by atoms with Crippen molar-refractivity contribution >= 4 is 0 Å². The summed E-state index contributed by atoms with van der Waals surface area (Å²) in [6.45, 7) is 6.03. The van der Waals surface area contributed by atoms with E-state index in [1.54, 1.807) is 0 Å². The van der Waals surface area contributed by atoms with Gasteiger partial charge in [0, 0.05) is 11.4 Å². The van der Waals surface area contributed by atoms with E-state index in [-0.39, 0.29) is 6.10 Å². The van der Waals surface area contributed by atoms with E-state index in [0.717, 1.165) is 29.1 Å². The maximum absolute atomic E-state index is 9.73. The first kappa shape index (κ1) is 11.9. The Kier molecular flexibility index (Phi) is 3.29. The number of aryl methyl sites for hydroxylation is 1. The quantitative estimate of drug-likeness (QED) is 0.880. The van der Waals surface area contributed by atoms with Crippen LogP contribution < -0.4 is 0 Å². The summed E-state index contributed by atoms with van der Waals surface area (Å²) >= 11 is 0. The van der Waals surface area contributed by atoms with Crippen LogP contribution in [-0.4, -0.2) is 14.7 Å². The van der Waals surface area contributed by atoms with Crippen LogP contribution in [-0.2, 0) is 0 Å². The summed E-state index contributed by atoms with van der Waals surface area (Å²) in [5.41, 5.74) is 4.23. The van der Waals surface area contributed by atoms with Gasteiger partial charge in [-0.15, -0.1) is 0 Å². The monoisotopic (exact) mass is 230 g/mol. The number of aromatic nitrogens is 2. The lowest BCUT2D eigenvalue weighted by molar-refractivity contribution is 0.173. The van der Waals surface area contributed by atoms with Crippen LogP contribution in [0.3, 0.4) is 0 Å². The molecule has 0 saturated heterocycles. The summed E-state index contributed by atoms with van der Waals surface area (Å²) in [6, 6.07) is 7.97. The van der Waals surface area contributed by atoms with Crippen LogP contribution in [0.4, 0.5) is 0 Å². The average Bonchev–Trinajstić information content (AvgIpc) is 2.69. The molecule has 3 heteroatoms. The number of rotatable bonds is 3. The highest BCUT2D eigenvalue weighted by molar-refractivity contribution is 5.37. The number of benzene rings is 1. The van der Waals surface area contributed by atoms with Gasteiger partial charge in [-0.25, -0.2) is 4.98 Å². The highest BCUT2D eigenvalue weighted by Crippen LogP contribution is 2.19. The summed E-state index contributed by atoms with van der Waals surface area (Å²) in [6.07, 6.45) is 2.20. The number of aliphatic hydroxyl groups is 1. The highest BCUT2D eigenvalue weighted by atomic mass is 16.3. The maximum atomic E-state index is 9.73. The average molecular weight is 230 g/mol. The van der Waals surface area contributed by atoms with Gasteiger partial charge in [-0.2, -0.15) is 0 Å².